The highest BCUT2D eigenvalue weighted by atomic mass is 19.1. The SMILES string of the molecule is COC(=O)c1cc(CN(C)C(=O)OC(C)(C)C)c(-c2cccc([N+](=O)[O-])c2F)cn1. The van der Waals surface area contributed by atoms with Crippen molar-refractivity contribution in [2.75, 3.05) is 14.2 Å². The maximum Gasteiger partial charge on any atom is 0.410 e. The Labute approximate surface area is 172 Å². The first-order valence-corrected chi connectivity index (χ1v) is 8.89. The summed E-state index contributed by atoms with van der Waals surface area (Å²) >= 11 is 0. The third-order valence-corrected chi connectivity index (χ3v) is 3.96. The maximum atomic E-state index is 14.8. The number of carbonyl (C=O) groups is 2. The van der Waals surface area contributed by atoms with Gasteiger partial charge in [0.25, 0.3) is 0 Å². The van der Waals surface area contributed by atoms with E-state index >= 15 is 0 Å². The van der Waals surface area contributed by atoms with Crippen LogP contribution in [-0.2, 0) is 16.0 Å². The normalized spacial score (nSPS) is 11.0. The second-order valence-corrected chi connectivity index (χ2v) is 7.45. The molecule has 9 nitrogen and oxygen atoms in total. The Bertz CT molecular complexity index is 987. The molecule has 160 valence electrons. The molecule has 0 fully saturated rings. The molecule has 0 aliphatic heterocycles. The van der Waals surface area contributed by atoms with Crippen LogP contribution in [0.4, 0.5) is 14.9 Å². The summed E-state index contributed by atoms with van der Waals surface area (Å²) in [4.78, 5) is 39.7. The van der Waals surface area contributed by atoms with Crippen molar-refractivity contribution in [1.29, 1.82) is 0 Å². The molecule has 1 aromatic carbocycles. The number of pyridine rings is 1. The smallest absolute Gasteiger partial charge is 0.410 e. The van der Waals surface area contributed by atoms with Gasteiger partial charge in [-0.25, -0.2) is 14.6 Å². The second kappa shape index (κ2) is 8.85. The molecule has 0 aliphatic carbocycles. The van der Waals surface area contributed by atoms with Gasteiger partial charge in [0.2, 0.25) is 5.82 Å². The van der Waals surface area contributed by atoms with E-state index in [1.807, 2.05) is 0 Å². The average Bonchev–Trinajstić information content (AvgIpc) is 2.66. The standard InChI is InChI=1S/C20H22FN3O6/c1-20(2,3)30-19(26)23(4)11-12-9-15(18(25)29-5)22-10-14(12)13-7-6-8-16(17(13)21)24(27)28/h6-10H,11H2,1-5H3. The molecule has 1 heterocycles. The first-order chi connectivity index (χ1) is 13.9. The van der Waals surface area contributed by atoms with Gasteiger partial charge >= 0.3 is 17.7 Å². The summed E-state index contributed by atoms with van der Waals surface area (Å²) in [6.07, 6.45) is 0.580. The van der Waals surface area contributed by atoms with Gasteiger partial charge in [-0.1, -0.05) is 12.1 Å². The summed E-state index contributed by atoms with van der Waals surface area (Å²) < 4.78 is 24.7. The Balaban J connectivity index is 2.54. The number of carbonyl (C=O) groups excluding carboxylic acids is 2. The first kappa shape index (κ1) is 22.7. The molecule has 0 atom stereocenters. The minimum absolute atomic E-state index is 0.0559. The average molecular weight is 419 g/mol. The van der Waals surface area contributed by atoms with Crippen molar-refractivity contribution in [3.63, 3.8) is 0 Å². The zero-order valence-corrected chi connectivity index (χ0v) is 17.3. The molecular weight excluding hydrogens is 397 g/mol. The van der Waals surface area contributed by atoms with Gasteiger partial charge in [-0.3, -0.25) is 10.1 Å². The Morgan fingerprint density at radius 2 is 1.93 bits per heavy atom. The number of hydrogen-bond acceptors (Lipinski definition) is 7. The van der Waals surface area contributed by atoms with Crippen molar-refractivity contribution >= 4 is 17.7 Å². The van der Waals surface area contributed by atoms with Gasteiger partial charge in [-0.05, 0) is 32.4 Å². The lowest BCUT2D eigenvalue weighted by atomic mass is 9.99. The van der Waals surface area contributed by atoms with Gasteiger partial charge in [-0.15, -0.1) is 0 Å². The summed E-state index contributed by atoms with van der Waals surface area (Å²) in [6.45, 7) is 5.07. The van der Waals surface area contributed by atoms with Crippen LogP contribution < -0.4 is 0 Å². The minimum Gasteiger partial charge on any atom is -0.464 e. The molecule has 0 aliphatic rings. The maximum absolute atomic E-state index is 14.8. The van der Waals surface area contributed by atoms with Gasteiger partial charge in [0.05, 0.1) is 12.0 Å². The van der Waals surface area contributed by atoms with Gasteiger partial charge in [0.15, 0.2) is 0 Å². The molecule has 1 aromatic heterocycles. The molecule has 0 radical (unpaired) electrons. The lowest BCUT2D eigenvalue weighted by Gasteiger charge is -2.25. The molecule has 0 spiro atoms. The van der Waals surface area contributed by atoms with E-state index < -0.39 is 34.1 Å². The second-order valence-electron chi connectivity index (χ2n) is 7.45. The van der Waals surface area contributed by atoms with E-state index in [9.17, 15) is 24.1 Å². The third kappa shape index (κ3) is 5.28. The van der Waals surface area contributed by atoms with E-state index in [1.165, 1.54) is 43.5 Å². The molecule has 0 saturated heterocycles. The lowest BCUT2D eigenvalue weighted by Crippen LogP contribution is -2.34. The van der Waals surface area contributed by atoms with E-state index in [-0.39, 0.29) is 23.4 Å². The van der Waals surface area contributed by atoms with Crippen LogP contribution in [-0.4, -0.2) is 46.6 Å². The number of esters is 1. The van der Waals surface area contributed by atoms with Gasteiger partial charge in [-0.2, -0.15) is 4.39 Å². The third-order valence-electron chi connectivity index (χ3n) is 3.96. The zero-order valence-electron chi connectivity index (χ0n) is 17.3. The van der Waals surface area contributed by atoms with Crippen molar-refractivity contribution < 1.29 is 28.4 Å². The summed E-state index contributed by atoms with van der Waals surface area (Å²) in [6, 6.07) is 5.09. The predicted molar refractivity (Wildman–Crippen MR) is 105 cm³/mol. The van der Waals surface area contributed by atoms with Crippen LogP contribution in [0.3, 0.4) is 0 Å². The van der Waals surface area contributed by atoms with Crippen LogP contribution in [0.2, 0.25) is 0 Å². The van der Waals surface area contributed by atoms with Crippen LogP contribution >= 0.6 is 0 Å². The van der Waals surface area contributed by atoms with Gasteiger partial charge < -0.3 is 14.4 Å². The molecular formula is C20H22FN3O6. The summed E-state index contributed by atoms with van der Waals surface area (Å²) in [5.41, 5.74) is -1.04. The number of rotatable bonds is 5. The zero-order chi connectivity index (χ0) is 22.6. The number of nitro groups is 1. The van der Waals surface area contributed by atoms with E-state index in [2.05, 4.69) is 9.72 Å². The molecule has 30 heavy (non-hydrogen) atoms. The van der Waals surface area contributed by atoms with Crippen LogP contribution in [0.1, 0.15) is 36.8 Å². The van der Waals surface area contributed by atoms with E-state index in [0.29, 0.717) is 5.56 Å². The Morgan fingerprint density at radius 1 is 1.27 bits per heavy atom. The highest BCUT2D eigenvalue weighted by Gasteiger charge is 2.24. The van der Waals surface area contributed by atoms with Crippen molar-refractivity contribution in [2.24, 2.45) is 0 Å². The first-order valence-electron chi connectivity index (χ1n) is 8.89. The molecule has 0 saturated carbocycles. The van der Waals surface area contributed by atoms with Crippen LogP contribution in [0.25, 0.3) is 11.1 Å². The predicted octanol–water partition coefficient (Wildman–Crippen LogP) is 3.95. The van der Waals surface area contributed by atoms with Gasteiger partial charge in [0.1, 0.15) is 11.3 Å². The van der Waals surface area contributed by atoms with E-state index in [1.54, 1.807) is 20.8 Å². The highest BCUT2D eigenvalue weighted by Crippen LogP contribution is 2.32. The molecule has 1 amide bonds. The molecule has 2 aromatic rings. The lowest BCUT2D eigenvalue weighted by molar-refractivity contribution is -0.387. The number of aromatic nitrogens is 1. The molecule has 2 rings (SSSR count). The van der Waals surface area contributed by atoms with Crippen LogP contribution in [0, 0.1) is 15.9 Å². The fourth-order valence-electron chi connectivity index (χ4n) is 2.62. The monoisotopic (exact) mass is 419 g/mol. The summed E-state index contributed by atoms with van der Waals surface area (Å²) in [5, 5.41) is 11.1. The number of methoxy groups -OCH3 is 1. The topological polar surface area (TPSA) is 112 Å². The largest absolute Gasteiger partial charge is 0.464 e. The number of hydrogen-bond donors (Lipinski definition) is 0. The van der Waals surface area contributed by atoms with E-state index in [0.717, 1.165) is 6.07 Å². The fraction of sp³-hybridized carbons (Fsp3) is 0.350. The minimum atomic E-state index is -1.05. The molecule has 10 heteroatoms. The Morgan fingerprint density at radius 3 is 2.50 bits per heavy atom. The quantitative estimate of drug-likeness (QED) is 0.410. The number of ether oxygens (including phenoxy) is 2. The number of nitrogens with zero attached hydrogens (tertiary/aromatic N) is 3. The van der Waals surface area contributed by atoms with Crippen molar-refractivity contribution in [1.82, 2.24) is 9.88 Å². The number of benzene rings is 1. The van der Waals surface area contributed by atoms with Crippen molar-refractivity contribution in [3.8, 4) is 11.1 Å². The van der Waals surface area contributed by atoms with Crippen molar-refractivity contribution in [2.45, 2.75) is 32.9 Å². The molecule has 0 bridgehead atoms. The number of halogens is 1. The molecule has 0 unspecified atom stereocenters. The summed E-state index contributed by atoms with van der Waals surface area (Å²) in [7, 11) is 2.66. The summed E-state index contributed by atoms with van der Waals surface area (Å²) in [5.74, 6) is -1.77. The van der Waals surface area contributed by atoms with Crippen LogP contribution in [0.15, 0.2) is 30.5 Å². The number of nitro benzene ring substituents is 1. The molecule has 0 N–H and O–H groups in total. The van der Waals surface area contributed by atoms with Crippen molar-refractivity contribution in [3.05, 3.63) is 57.7 Å². The number of amides is 1. The van der Waals surface area contributed by atoms with Crippen LogP contribution in [0.5, 0.6) is 0 Å². The van der Waals surface area contributed by atoms with E-state index in [4.69, 9.17) is 4.74 Å². The fourth-order valence-corrected chi connectivity index (χ4v) is 2.62. The Hall–Kier alpha value is -3.56. The van der Waals surface area contributed by atoms with Gasteiger partial charge in [0, 0.05) is 37.0 Å². The highest BCUT2D eigenvalue weighted by molar-refractivity contribution is 5.88. The Kier molecular flexibility index (Phi) is 6.70.